The average Bonchev–Trinajstić information content (AvgIpc) is 2.52. The van der Waals surface area contributed by atoms with Crippen molar-refractivity contribution in [1.82, 2.24) is 10.3 Å². The van der Waals surface area contributed by atoms with Gasteiger partial charge in [-0.2, -0.15) is 0 Å². The maximum Gasteiger partial charge on any atom is 0.407 e. The Morgan fingerprint density at radius 1 is 1.42 bits per heavy atom. The number of ether oxygens (including phenoxy) is 1. The zero-order chi connectivity index (χ0) is 20.2. The molecule has 0 saturated heterocycles. The maximum atomic E-state index is 11.9. The maximum absolute atomic E-state index is 11.9. The second kappa shape index (κ2) is 8.36. The minimum Gasteiger partial charge on any atom is -0.444 e. The summed E-state index contributed by atoms with van der Waals surface area (Å²) >= 11 is 2.15. The van der Waals surface area contributed by atoms with Crippen molar-refractivity contribution >= 4 is 34.5 Å². The normalized spacial score (nSPS) is 23.6. The van der Waals surface area contributed by atoms with Crippen LogP contribution in [0.15, 0.2) is 18.3 Å². The van der Waals surface area contributed by atoms with Crippen molar-refractivity contribution in [3.63, 3.8) is 0 Å². The highest BCUT2D eigenvalue weighted by Crippen LogP contribution is 2.26. The summed E-state index contributed by atoms with van der Waals surface area (Å²) in [6, 6.07) is 3.70. The SMILES string of the molecule is [2H]C([2H])([2H])N(CC1CCC(NC(=O)OC(C)(C)C)CC1)c1ccc(I)cn1. The summed E-state index contributed by atoms with van der Waals surface area (Å²) in [5.74, 6) is 0.729. The Bertz CT molecular complexity index is 624. The van der Waals surface area contributed by atoms with Crippen LogP contribution in [0, 0.1) is 9.49 Å². The second-order valence-corrected chi connectivity index (χ2v) is 8.55. The van der Waals surface area contributed by atoms with Crippen LogP contribution < -0.4 is 10.2 Å². The van der Waals surface area contributed by atoms with Gasteiger partial charge in [-0.1, -0.05) is 0 Å². The number of hydrogen-bond donors (Lipinski definition) is 1. The van der Waals surface area contributed by atoms with Gasteiger partial charge in [-0.3, -0.25) is 0 Å². The Morgan fingerprint density at radius 2 is 2.12 bits per heavy atom. The predicted molar refractivity (Wildman–Crippen MR) is 105 cm³/mol. The molecular formula is C18H28IN3O2. The number of nitrogens with one attached hydrogen (secondary N) is 1. The topological polar surface area (TPSA) is 54.5 Å². The average molecular weight is 448 g/mol. The molecule has 1 aromatic rings. The number of hydrogen-bond acceptors (Lipinski definition) is 4. The van der Waals surface area contributed by atoms with Gasteiger partial charge in [-0.05, 0) is 87.1 Å². The third-order valence-electron chi connectivity index (χ3n) is 4.00. The van der Waals surface area contributed by atoms with Gasteiger partial charge in [0.25, 0.3) is 0 Å². The fraction of sp³-hybridized carbons (Fsp3) is 0.667. The van der Waals surface area contributed by atoms with Gasteiger partial charge in [0.2, 0.25) is 0 Å². The molecule has 0 radical (unpaired) electrons. The van der Waals surface area contributed by atoms with Crippen LogP contribution in [0.5, 0.6) is 0 Å². The fourth-order valence-corrected chi connectivity index (χ4v) is 3.16. The lowest BCUT2D eigenvalue weighted by atomic mass is 9.86. The van der Waals surface area contributed by atoms with E-state index in [0.717, 1.165) is 29.3 Å². The molecule has 0 atom stereocenters. The van der Waals surface area contributed by atoms with Crippen LogP contribution in [0.4, 0.5) is 10.6 Å². The molecule has 5 nitrogen and oxygen atoms in total. The van der Waals surface area contributed by atoms with Crippen LogP contribution in [-0.4, -0.2) is 36.2 Å². The van der Waals surface area contributed by atoms with E-state index in [1.54, 1.807) is 12.3 Å². The largest absolute Gasteiger partial charge is 0.444 e. The number of rotatable bonds is 4. The van der Waals surface area contributed by atoms with E-state index in [4.69, 9.17) is 8.85 Å². The Morgan fingerprint density at radius 3 is 2.67 bits per heavy atom. The highest BCUT2D eigenvalue weighted by molar-refractivity contribution is 14.1. The molecule has 1 N–H and O–H groups in total. The summed E-state index contributed by atoms with van der Waals surface area (Å²) in [7, 11) is 0. The third-order valence-corrected chi connectivity index (χ3v) is 4.63. The number of nitrogens with zero attached hydrogens (tertiary/aromatic N) is 2. The molecule has 6 heteroatoms. The minimum atomic E-state index is -2.23. The van der Waals surface area contributed by atoms with Gasteiger partial charge in [-0.15, -0.1) is 0 Å². The first kappa shape index (κ1) is 15.2. The molecule has 2 rings (SSSR count). The van der Waals surface area contributed by atoms with Crippen LogP contribution in [-0.2, 0) is 4.74 Å². The van der Waals surface area contributed by atoms with Crippen molar-refractivity contribution in [2.45, 2.75) is 58.1 Å². The van der Waals surface area contributed by atoms with Gasteiger partial charge < -0.3 is 15.0 Å². The van der Waals surface area contributed by atoms with E-state index in [0.29, 0.717) is 12.4 Å². The van der Waals surface area contributed by atoms with Gasteiger partial charge >= 0.3 is 6.09 Å². The van der Waals surface area contributed by atoms with Crippen LogP contribution in [0.3, 0.4) is 0 Å². The first-order chi connectivity index (χ1) is 12.4. The van der Waals surface area contributed by atoms with E-state index in [1.165, 1.54) is 4.90 Å². The minimum absolute atomic E-state index is 0.0775. The molecule has 1 aromatic heterocycles. The predicted octanol–water partition coefficient (Wildman–Crippen LogP) is 4.21. The molecule has 1 heterocycles. The van der Waals surface area contributed by atoms with Crippen molar-refractivity contribution in [2.75, 3.05) is 18.4 Å². The highest BCUT2D eigenvalue weighted by Gasteiger charge is 2.25. The van der Waals surface area contributed by atoms with E-state index in [-0.39, 0.29) is 12.0 Å². The molecular weight excluding hydrogens is 417 g/mol. The molecule has 0 bridgehead atoms. The summed E-state index contributed by atoms with van der Waals surface area (Å²) in [4.78, 5) is 17.6. The number of carbonyl (C=O) groups is 1. The number of aromatic nitrogens is 1. The van der Waals surface area contributed by atoms with Crippen LogP contribution >= 0.6 is 22.6 Å². The molecule has 1 saturated carbocycles. The van der Waals surface area contributed by atoms with Gasteiger partial charge in [0, 0.05) is 33.4 Å². The Balaban J connectivity index is 1.90. The number of anilines is 1. The first-order valence-corrected chi connectivity index (χ1v) is 9.40. The molecule has 1 fully saturated rings. The second-order valence-electron chi connectivity index (χ2n) is 7.31. The number of alkyl carbamates (subject to hydrolysis) is 1. The van der Waals surface area contributed by atoms with Crippen molar-refractivity contribution in [1.29, 1.82) is 0 Å². The van der Waals surface area contributed by atoms with E-state index in [2.05, 4.69) is 32.9 Å². The monoisotopic (exact) mass is 448 g/mol. The van der Waals surface area contributed by atoms with Gasteiger partial charge in [0.15, 0.2) is 0 Å². The molecule has 0 unspecified atom stereocenters. The lowest BCUT2D eigenvalue weighted by Crippen LogP contribution is -2.42. The summed E-state index contributed by atoms with van der Waals surface area (Å²) in [6.45, 7) is 3.72. The summed E-state index contributed by atoms with van der Waals surface area (Å²) < 4.78 is 29.8. The van der Waals surface area contributed by atoms with Crippen LogP contribution in [0.1, 0.15) is 50.6 Å². The summed E-state index contributed by atoms with van der Waals surface area (Å²) in [6.07, 6.45) is 4.64. The zero-order valence-electron chi connectivity index (χ0n) is 17.5. The summed E-state index contributed by atoms with van der Waals surface area (Å²) in [5.41, 5.74) is -0.512. The van der Waals surface area contributed by atoms with E-state index in [9.17, 15) is 4.79 Å². The molecule has 0 aromatic carbocycles. The van der Waals surface area contributed by atoms with Gasteiger partial charge in [-0.25, -0.2) is 9.78 Å². The van der Waals surface area contributed by atoms with Crippen LogP contribution in [0.2, 0.25) is 0 Å². The quantitative estimate of drug-likeness (QED) is 0.702. The molecule has 134 valence electrons. The number of amides is 1. The van der Waals surface area contributed by atoms with Crippen molar-refractivity contribution < 1.29 is 13.6 Å². The molecule has 1 amide bonds. The number of halogens is 1. The molecule has 24 heavy (non-hydrogen) atoms. The Hall–Kier alpha value is -1.05. The van der Waals surface area contributed by atoms with Crippen molar-refractivity contribution in [3.8, 4) is 0 Å². The van der Waals surface area contributed by atoms with Crippen LogP contribution in [0.25, 0.3) is 0 Å². The first-order valence-electron chi connectivity index (χ1n) is 9.83. The van der Waals surface area contributed by atoms with Crippen molar-refractivity contribution in [2.24, 2.45) is 5.92 Å². The van der Waals surface area contributed by atoms with E-state index < -0.39 is 18.7 Å². The van der Waals surface area contributed by atoms with Crippen molar-refractivity contribution in [3.05, 3.63) is 21.9 Å². The van der Waals surface area contributed by atoms with E-state index >= 15 is 0 Å². The molecule has 0 aliphatic heterocycles. The lowest BCUT2D eigenvalue weighted by molar-refractivity contribution is 0.0488. The van der Waals surface area contributed by atoms with Gasteiger partial charge in [0.1, 0.15) is 11.4 Å². The number of carbonyl (C=O) groups excluding carboxylic acids is 1. The molecule has 1 aliphatic carbocycles. The Labute approximate surface area is 162 Å². The van der Waals surface area contributed by atoms with Gasteiger partial charge in [0.05, 0.1) is 0 Å². The third kappa shape index (κ3) is 6.45. The van der Waals surface area contributed by atoms with E-state index in [1.807, 2.05) is 26.8 Å². The summed E-state index contributed by atoms with van der Waals surface area (Å²) in [5, 5.41) is 2.92. The highest BCUT2D eigenvalue weighted by atomic mass is 127. The fourth-order valence-electron chi connectivity index (χ4n) is 2.84. The standard InChI is InChI=1S/C18H28IN3O2/c1-18(2,3)24-17(23)21-15-8-5-13(6-9-15)12-22(4)16-10-7-14(19)11-20-16/h7,10-11,13,15H,5-6,8-9,12H2,1-4H3,(H,21,23)/i4D3. The smallest absolute Gasteiger partial charge is 0.407 e. The number of pyridine rings is 1. The lowest BCUT2D eigenvalue weighted by Gasteiger charge is -2.32. The molecule has 0 spiro atoms. The Kier molecular flexibility index (Phi) is 5.30. The zero-order valence-corrected chi connectivity index (χ0v) is 16.7. The molecule has 1 aliphatic rings.